The zero-order chi connectivity index (χ0) is 19.8. The number of rotatable bonds is 7. The van der Waals surface area contributed by atoms with Crippen molar-refractivity contribution in [3.8, 4) is 0 Å². The van der Waals surface area contributed by atoms with Gasteiger partial charge in [0.1, 0.15) is 12.7 Å². The minimum atomic E-state index is 0.00376. The standard InChI is InChI=1S/C22H29N5O2/c1-16-3-2-4-17(9-16)10-21(28)23-11-18-19-12-26(7-8-27-14-24-25-15-27)13-22(19)6-5-20(18)29-22/h2-4,9,14-15,18-20H,5-8,10-13H2,1H3,(H,23,28)/t18-,19+,20+,22+/m0/s1. The second-order valence-electron chi connectivity index (χ2n) is 8.93. The van der Waals surface area contributed by atoms with E-state index >= 15 is 0 Å². The maximum atomic E-state index is 12.5. The monoisotopic (exact) mass is 395 g/mol. The van der Waals surface area contributed by atoms with Crippen molar-refractivity contribution in [3.63, 3.8) is 0 Å². The number of nitrogens with zero attached hydrogens (tertiary/aromatic N) is 4. The number of carbonyl (C=O) groups excluding carboxylic acids is 1. The van der Waals surface area contributed by atoms with Gasteiger partial charge in [0, 0.05) is 44.6 Å². The maximum Gasteiger partial charge on any atom is 0.224 e. The maximum absolute atomic E-state index is 12.5. The molecule has 7 nitrogen and oxygen atoms in total. The van der Waals surface area contributed by atoms with Gasteiger partial charge in [-0.3, -0.25) is 9.69 Å². The van der Waals surface area contributed by atoms with Crippen LogP contribution >= 0.6 is 0 Å². The van der Waals surface area contributed by atoms with Crippen LogP contribution in [0.2, 0.25) is 0 Å². The number of fused-ring (bicyclic) bond motifs is 1. The van der Waals surface area contributed by atoms with E-state index in [-0.39, 0.29) is 11.5 Å². The highest BCUT2D eigenvalue weighted by Crippen LogP contribution is 2.54. The minimum absolute atomic E-state index is 0.00376. The summed E-state index contributed by atoms with van der Waals surface area (Å²) in [7, 11) is 0. The molecule has 1 N–H and O–H groups in total. The Labute approximate surface area is 171 Å². The number of ether oxygens (including phenoxy) is 1. The number of amides is 1. The molecule has 3 aliphatic rings. The molecule has 29 heavy (non-hydrogen) atoms. The van der Waals surface area contributed by atoms with Gasteiger partial charge in [-0.15, -0.1) is 10.2 Å². The van der Waals surface area contributed by atoms with Gasteiger partial charge in [0.25, 0.3) is 0 Å². The van der Waals surface area contributed by atoms with Gasteiger partial charge in [0.2, 0.25) is 5.91 Å². The Morgan fingerprint density at radius 1 is 1.31 bits per heavy atom. The molecule has 5 rings (SSSR count). The quantitative estimate of drug-likeness (QED) is 0.768. The zero-order valence-corrected chi connectivity index (χ0v) is 17.0. The van der Waals surface area contributed by atoms with Gasteiger partial charge in [-0.05, 0) is 25.3 Å². The SMILES string of the molecule is Cc1cccc(CC(=O)NC[C@H]2[C@H]3CN(CCn4cnnc4)C[C@]34CC[C@H]2O4)c1. The number of benzene rings is 1. The molecule has 0 radical (unpaired) electrons. The molecular formula is C22H29N5O2. The van der Waals surface area contributed by atoms with E-state index in [1.165, 1.54) is 5.56 Å². The van der Waals surface area contributed by atoms with Crippen molar-refractivity contribution in [2.45, 2.75) is 44.4 Å². The number of likely N-dealkylation sites (tertiary alicyclic amines) is 1. The van der Waals surface area contributed by atoms with Crippen LogP contribution in [-0.2, 0) is 22.5 Å². The normalized spacial score (nSPS) is 30.6. The smallest absolute Gasteiger partial charge is 0.224 e. The van der Waals surface area contributed by atoms with E-state index in [2.05, 4.69) is 39.5 Å². The third kappa shape index (κ3) is 3.69. The molecular weight excluding hydrogens is 366 g/mol. The third-order valence-corrected chi connectivity index (χ3v) is 6.98. The molecule has 1 aromatic carbocycles. The van der Waals surface area contributed by atoms with E-state index in [0.717, 1.165) is 51.1 Å². The molecule has 7 heteroatoms. The number of aryl methyl sites for hydroxylation is 1. The van der Waals surface area contributed by atoms with Gasteiger partial charge in [0.05, 0.1) is 18.1 Å². The predicted octanol–water partition coefficient (Wildman–Crippen LogP) is 1.42. The fourth-order valence-electron chi connectivity index (χ4n) is 5.63. The summed E-state index contributed by atoms with van der Waals surface area (Å²) < 4.78 is 8.53. The summed E-state index contributed by atoms with van der Waals surface area (Å²) >= 11 is 0. The van der Waals surface area contributed by atoms with E-state index < -0.39 is 0 Å². The van der Waals surface area contributed by atoms with E-state index in [0.29, 0.717) is 24.4 Å². The first-order chi connectivity index (χ1) is 14.1. The summed E-state index contributed by atoms with van der Waals surface area (Å²) in [5.74, 6) is 1.04. The highest BCUT2D eigenvalue weighted by Gasteiger charge is 2.62. The van der Waals surface area contributed by atoms with Crippen molar-refractivity contribution >= 4 is 5.91 Å². The molecule has 0 aliphatic carbocycles. The Hall–Kier alpha value is -2.25. The van der Waals surface area contributed by atoms with Gasteiger partial charge < -0.3 is 14.6 Å². The largest absolute Gasteiger partial charge is 0.370 e. The number of nitrogens with one attached hydrogen (secondary N) is 1. The molecule has 1 spiro atoms. The molecule has 2 aromatic rings. The number of hydrogen-bond acceptors (Lipinski definition) is 5. The van der Waals surface area contributed by atoms with E-state index in [9.17, 15) is 4.79 Å². The molecule has 1 aromatic heterocycles. The van der Waals surface area contributed by atoms with Gasteiger partial charge in [-0.1, -0.05) is 29.8 Å². The predicted molar refractivity (Wildman–Crippen MR) is 108 cm³/mol. The van der Waals surface area contributed by atoms with Crippen molar-refractivity contribution in [2.75, 3.05) is 26.2 Å². The summed E-state index contributed by atoms with van der Waals surface area (Å²) in [4.78, 5) is 15.0. The van der Waals surface area contributed by atoms with Crippen LogP contribution in [0.3, 0.4) is 0 Å². The highest BCUT2D eigenvalue weighted by atomic mass is 16.5. The van der Waals surface area contributed by atoms with E-state index in [1.807, 2.05) is 16.7 Å². The van der Waals surface area contributed by atoms with Crippen molar-refractivity contribution < 1.29 is 9.53 Å². The van der Waals surface area contributed by atoms with Gasteiger partial charge >= 0.3 is 0 Å². The fourth-order valence-corrected chi connectivity index (χ4v) is 5.63. The van der Waals surface area contributed by atoms with Crippen molar-refractivity contribution in [1.82, 2.24) is 25.0 Å². The Morgan fingerprint density at radius 3 is 3.00 bits per heavy atom. The van der Waals surface area contributed by atoms with Gasteiger partial charge in [-0.25, -0.2) is 0 Å². The molecule has 0 unspecified atom stereocenters. The first-order valence-corrected chi connectivity index (χ1v) is 10.7. The van der Waals surface area contributed by atoms with Gasteiger partial charge in [-0.2, -0.15) is 0 Å². The second kappa shape index (κ2) is 7.54. The van der Waals surface area contributed by atoms with Crippen LogP contribution in [-0.4, -0.2) is 63.5 Å². The third-order valence-electron chi connectivity index (χ3n) is 6.98. The average molecular weight is 396 g/mol. The molecule has 2 bridgehead atoms. The summed E-state index contributed by atoms with van der Waals surface area (Å²) in [5.41, 5.74) is 2.27. The number of carbonyl (C=O) groups is 1. The van der Waals surface area contributed by atoms with Crippen LogP contribution in [0.15, 0.2) is 36.9 Å². The molecule has 3 fully saturated rings. The van der Waals surface area contributed by atoms with Gasteiger partial charge in [0.15, 0.2) is 0 Å². The summed E-state index contributed by atoms with van der Waals surface area (Å²) in [6, 6.07) is 8.17. The van der Waals surface area contributed by atoms with Crippen LogP contribution in [0, 0.1) is 18.8 Å². The first-order valence-electron chi connectivity index (χ1n) is 10.7. The highest BCUT2D eigenvalue weighted by molar-refractivity contribution is 5.78. The summed E-state index contributed by atoms with van der Waals surface area (Å²) in [6.45, 7) is 6.72. The molecule has 1 amide bonds. The lowest BCUT2D eigenvalue weighted by Crippen LogP contribution is -2.42. The topological polar surface area (TPSA) is 72.3 Å². The molecule has 0 saturated carbocycles. The molecule has 3 saturated heterocycles. The molecule has 154 valence electrons. The van der Waals surface area contributed by atoms with Crippen LogP contribution in [0.5, 0.6) is 0 Å². The summed E-state index contributed by atoms with van der Waals surface area (Å²) in [5, 5.41) is 11.0. The lowest BCUT2D eigenvalue weighted by atomic mass is 9.73. The second-order valence-corrected chi connectivity index (χ2v) is 8.93. The average Bonchev–Trinajstić information content (AvgIpc) is 3.45. The number of aromatic nitrogens is 3. The first kappa shape index (κ1) is 18.8. The zero-order valence-electron chi connectivity index (χ0n) is 17.0. The van der Waals surface area contributed by atoms with E-state index in [4.69, 9.17) is 4.74 Å². The Balaban J connectivity index is 1.16. The molecule has 4 atom stereocenters. The molecule has 4 heterocycles. The van der Waals surface area contributed by atoms with Crippen LogP contribution in [0.1, 0.15) is 24.0 Å². The lowest BCUT2D eigenvalue weighted by molar-refractivity contribution is -0.120. The van der Waals surface area contributed by atoms with Crippen LogP contribution in [0.25, 0.3) is 0 Å². The van der Waals surface area contributed by atoms with Crippen molar-refractivity contribution in [1.29, 1.82) is 0 Å². The molecule has 3 aliphatic heterocycles. The fraction of sp³-hybridized carbons (Fsp3) is 0.591. The van der Waals surface area contributed by atoms with Crippen molar-refractivity contribution in [3.05, 3.63) is 48.0 Å². The Morgan fingerprint density at radius 2 is 2.17 bits per heavy atom. The van der Waals surface area contributed by atoms with E-state index in [1.54, 1.807) is 12.7 Å². The van der Waals surface area contributed by atoms with Crippen LogP contribution in [0.4, 0.5) is 0 Å². The Bertz CT molecular complexity index is 870. The Kier molecular flexibility index (Phi) is 4.87. The lowest BCUT2D eigenvalue weighted by Gasteiger charge is -2.29. The van der Waals surface area contributed by atoms with Crippen LogP contribution < -0.4 is 5.32 Å². The minimum Gasteiger partial charge on any atom is -0.370 e. The van der Waals surface area contributed by atoms with Crippen molar-refractivity contribution in [2.24, 2.45) is 11.8 Å². The number of hydrogen-bond donors (Lipinski definition) is 1. The summed E-state index contributed by atoms with van der Waals surface area (Å²) in [6.07, 6.45) is 6.56.